The van der Waals surface area contributed by atoms with E-state index in [-0.39, 0.29) is 0 Å². The molecule has 3 aromatic rings. The number of para-hydroxylation sites is 1. The fourth-order valence-electron chi connectivity index (χ4n) is 3.18. The molecule has 0 atom stereocenters. The van der Waals surface area contributed by atoms with Crippen LogP contribution in [-0.2, 0) is 4.84 Å². The lowest BCUT2D eigenvalue weighted by atomic mass is 9.98. The molecule has 0 N–H and O–H groups in total. The van der Waals surface area contributed by atoms with Gasteiger partial charge in [0.2, 0.25) is 0 Å². The highest BCUT2D eigenvalue weighted by molar-refractivity contribution is 6.00. The van der Waals surface area contributed by atoms with Crippen molar-refractivity contribution < 1.29 is 9.57 Å². The number of oxime groups is 1. The van der Waals surface area contributed by atoms with Crippen LogP contribution in [0.4, 0.5) is 0 Å². The first-order valence-corrected chi connectivity index (χ1v) is 10.7. The third kappa shape index (κ3) is 6.48. The summed E-state index contributed by atoms with van der Waals surface area (Å²) in [7, 11) is 0. The van der Waals surface area contributed by atoms with E-state index in [9.17, 15) is 0 Å². The Labute approximate surface area is 180 Å². The molecular formula is C27H31NO2. The topological polar surface area (TPSA) is 30.8 Å². The molecule has 3 rings (SSSR count). The summed E-state index contributed by atoms with van der Waals surface area (Å²) < 4.78 is 5.79. The molecule has 0 fully saturated rings. The summed E-state index contributed by atoms with van der Waals surface area (Å²) in [6, 6.07) is 27.0. The third-order valence-electron chi connectivity index (χ3n) is 4.98. The Morgan fingerprint density at radius 3 is 2.17 bits per heavy atom. The summed E-state index contributed by atoms with van der Waals surface area (Å²) in [6.07, 6.45) is 1.96. The highest BCUT2D eigenvalue weighted by Crippen LogP contribution is 2.21. The maximum Gasteiger partial charge on any atom is 0.151 e. The Kier molecular flexibility index (Phi) is 8.08. The number of aryl methyl sites for hydroxylation is 1. The van der Waals surface area contributed by atoms with E-state index in [0.29, 0.717) is 19.1 Å². The lowest BCUT2D eigenvalue weighted by Gasteiger charge is -2.11. The molecule has 0 saturated heterocycles. The molecule has 0 spiro atoms. The minimum atomic E-state index is 0.418. The third-order valence-corrected chi connectivity index (χ3v) is 4.98. The number of hydrogen-bond acceptors (Lipinski definition) is 3. The largest absolute Gasteiger partial charge is 0.490 e. The molecule has 0 radical (unpaired) electrons. The van der Waals surface area contributed by atoms with Crippen LogP contribution in [0.3, 0.4) is 0 Å². The fraction of sp³-hybridized carbons (Fsp3) is 0.296. The highest BCUT2D eigenvalue weighted by Gasteiger charge is 2.08. The van der Waals surface area contributed by atoms with Crippen LogP contribution in [0.15, 0.2) is 84.0 Å². The SMILES string of the molecule is Cc1ccccc1OCCO/N=C(\CCC(C)C)c1ccc(-c2ccccc2)cc1. The van der Waals surface area contributed by atoms with E-state index in [1.54, 1.807) is 0 Å². The van der Waals surface area contributed by atoms with Gasteiger partial charge in [-0.1, -0.05) is 91.8 Å². The van der Waals surface area contributed by atoms with Gasteiger partial charge in [0.05, 0.1) is 5.71 Å². The zero-order chi connectivity index (χ0) is 21.2. The van der Waals surface area contributed by atoms with E-state index >= 15 is 0 Å². The number of benzene rings is 3. The number of nitrogens with zero attached hydrogens (tertiary/aromatic N) is 1. The van der Waals surface area contributed by atoms with Gasteiger partial charge in [0, 0.05) is 0 Å². The lowest BCUT2D eigenvalue weighted by molar-refractivity contribution is 0.106. The van der Waals surface area contributed by atoms with Crippen molar-refractivity contribution in [1.82, 2.24) is 0 Å². The fourth-order valence-corrected chi connectivity index (χ4v) is 3.18. The molecular weight excluding hydrogens is 370 g/mol. The van der Waals surface area contributed by atoms with Crippen LogP contribution in [0.2, 0.25) is 0 Å². The molecule has 0 aromatic heterocycles. The number of ether oxygens (including phenoxy) is 1. The predicted octanol–water partition coefficient (Wildman–Crippen LogP) is 6.90. The Hall–Kier alpha value is -3.07. The first kappa shape index (κ1) is 21.6. The molecule has 0 aliphatic rings. The van der Waals surface area contributed by atoms with Gasteiger partial charge in [0.15, 0.2) is 6.61 Å². The zero-order valence-electron chi connectivity index (χ0n) is 18.2. The van der Waals surface area contributed by atoms with Crippen LogP contribution in [-0.4, -0.2) is 18.9 Å². The van der Waals surface area contributed by atoms with Crippen molar-refractivity contribution in [2.75, 3.05) is 13.2 Å². The lowest BCUT2D eigenvalue weighted by Crippen LogP contribution is -2.08. The monoisotopic (exact) mass is 401 g/mol. The molecule has 156 valence electrons. The molecule has 0 aliphatic heterocycles. The Balaban J connectivity index is 1.62. The van der Waals surface area contributed by atoms with Crippen LogP contribution in [0.5, 0.6) is 5.75 Å². The standard InChI is InChI=1S/C27H31NO2/c1-21(2)13-18-26(28-30-20-19-29-27-12-8-7-9-22(27)3)25-16-14-24(15-17-25)23-10-5-4-6-11-23/h4-12,14-17,21H,13,18-20H2,1-3H3/b28-26+. The average Bonchev–Trinajstić information content (AvgIpc) is 2.77. The summed E-state index contributed by atoms with van der Waals surface area (Å²) in [6.45, 7) is 7.39. The maximum atomic E-state index is 5.79. The average molecular weight is 402 g/mol. The van der Waals surface area contributed by atoms with Crippen LogP contribution in [0, 0.1) is 12.8 Å². The van der Waals surface area contributed by atoms with Gasteiger partial charge in [0.25, 0.3) is 0 Å². The summed E-state index contributed by atoms with van der Waals surface area (Å²) in [4.78, 5) is 5.62. The zero-order valence-corrected chi connectivity index (χ0v) is 18.2. The van der Waals surface area contributed by atoms with E-state index in [0.717, 1.165) is 35.4 Å². The van der Waals surface area contributed by atoms with Gasteiger partial charge in [-0.05, 0) is 54.0 Å². The number of rotatable bonds is 10. The molecule has 0 unspecified atom stereocenters. The van der Waals surface area contributed by atoms with Gasteiger partial charge in [0.1, 0.15) is 12.4 Å². The Morgan fingerprint density at radius 2 is 1.47 bits per heavy atom. The number of hydrogen-bond donors (Lipinski definition) is 0. The minimum absolute atomic E-state index is 0.418. The van der Waals surface area contributed by atoms with Gasteiger partial charge in [-0.25, -0.2) is 0 Å². The van der Waals surface area contributed by atoms with Crippen molar-refractivity contribution in [2.45, 2.75) is 33.6 Å². The molecule has 0 amide bonds. The molecule has 3 nitrogen and oxygen atoms in total. The second-order valence-corrected chi connectivity index (χ2v) is 7.86. The van der Waals surface area contributed by atoms with Crippen LogP contribution in [0.25, 0.3) is 11.1 Å². The molecule has 3 aromatic carbocycles. The van der Waals surface area contributed by atoms with Crippen molar-refractivity contribution in [3.63, 3.8) is 0 Å². The first-order chi connectivity index (χ1) is 14.6. The van der Waals surface area contributed by atoms with Crippen LogP contribution in [0.1, 0.15) is 37.8 Å². The van der Waals surface area contributed by atoms with E-state index in [1.165, 1.54) is 11.1 Å². The van der Waals surface area contributed by atoms with E-state index in [4.69, 9.17) is 9.57 Å². The molecule has 0 heterocycles. The van der Waals surface area contributed by atoms with E-state index in [2.05, 4.69) is 67.5 Å². The van der Waals surface area contributed by atoms with E-state index in [1.807, 2.05) is 37.3 Å². The van der Waals surface area contributed by atoms with Crippen LogP contribution < -0.4 is 4.74 Å². The molecule has 0 aliphatic carbocycles. The quantitative estimate of drug-likeness (QED) is 0.210. The summed E-state index contributed by atoms with van der Waals surface area (Å²) in [5.41, 5.74) is 5.64. The summed E-state index contributed by atoms with van der Waals surface area (Å²) in [5, 5.41) is 4.46. The second-order valence-electron chi connectivity index (χ2n) is 7.86. The van der Waals surface area contributed by atoms with Gasteiger partial charge < -0.3 is 9.57 Å². The van der Waals surface area contributed by atoms with Crippen molar-refractivity contribution >= 4 is 5.71 Å². The highest BCUT2D eigenvalue weighted by atomic mass is 16.6. The minimum Gasteiger partial charge on any atom is -0.490 e. The van der Waals surface area contributed by atoms with Gasteiger partial charge in [-0.2, -0.15) is 0 Å². The molecule has 3 heteroatoms. The van der Waals surface area contributed by atoms with Crippen molar-refractivity contribution in [3.8, 4) is 16.9 Å². The first-order valence-electron chi connectivity index (χ1n) is 10.7. The second kappa shape index (κ2) is 11.2. The Morgan fingerprint density at radius 1 is 0.800 bits per heavy atom. The predicted molar refractivity (Wildman–Crippen MR) is 125 cm³/mol. The molecule has 30 heavy (non-hydrogen) atoms. The van der Waals surface area contributed by atoms with Crippen molar-refractivity contribution in [3.05, 3.63) is 90.0 Å². The smallest absolute Gasteiger partial charge is 0.151 e. The molecule has 0 saturated carbocycles. The van der Waals surface area contributed by atoms with Gasteiger partial charge in [-0.3, -0.25) is 0 Å². The Bertz CT molecular complexity index is 931. The van der Waals surface area contributed by atoms with Gasteiger partial charge >= 0.3 is 0 Å². The van der Waals surface area contributed by atoms with Gasteiger partial charge in [-0.15, -0.1) is 0 Å². The van der Waals surface area contributed by atoms with E-state index < -0.39 is 0 Å². The van der Waals surface area contributed by atoms with Crippen LogP contribution >= 0.6 is 0 Å². The maximum absolute atomic E-state index is 5.79. The molecule has 0 bridgehead atoms. The normalized spacial score (nSPS) is 11.5. The summed E-state index contributed by atoms with van der Waals surface area (Å²) >= 11 is 0. The summed E-state index contributed by atoms with van der Waals surface area (Å²) in [5.74, 6) is 1.50. The van der Waals surface area contributed by atoms with Crippen molar-refractivity contribution in [1.29, 1.82) is 0 Å². The van der Waals surface area contributed by atoms with Crippen molar-refractivity contribution in [2.24, 2.45) is 11.1 Å².